The van der Waals surface area contributed by atoms with Crippen molar-refractivity contribution in [2.24, 2.45) is 11.8 Å². The normalized spacial score (nSPS) is 23.1. The molecule has 0 radical (unpaired) electrons. The van der Waals surface area contributed by atoms with Crippen LogP contribution in [0, 0.1) is 11.8 Å². The molecule has 0 heterocycles. The Kier molecular flexibility index (Phi) is 5.34. The lowest BCUT2D eigenvalue weighted by Gasteiger charge is -2.28. The van der Waals surface area contributed by atoms with E-state index in [4.69, 9.17) is 0 Å². The van der Waals surface area contributed by atoms with E-state index in [1.165, 1.54) is 25.7 Å². The molecular formula is C15H20BrNOS. The Hall–Kier alpha value is -0.480. The first-order chi connectivity index (χ1) is 9.08. The zero-order valence-corrected chi connectivity index (χ0v) is 13.6. The maximum Gasteiger partial charge on any atom is 0.252 e. The van der Waals surface area contributed by atoms with Gasteiger partial charge in [0.05, 0.1) is 5.56 Å². The zero-order valence-electron chi connectivity index (χ0n) is 11.2. The summed E-state index contributed by atoms with van der Waals surface area (Å²) in [5.41, 5.74) is 0.663. The summed E-state index contributed by atoms with van der Waals surface area (Å²) in [7, 11) is 0. The minimum absolute atomic E-state index is 0.0134. The van der Waals surface area contributed by atoms with Crippen LogP contribution in [0.3, 0.4) is 0 Å². The fourth-order valence-corrected chi connectivity index (χ4v) is 3.33. The highest BCUT2D eigenvalue weighted by molar-refractivity contribution is 9.10. The van der Waals surface area contributed by atoms with E-state index in [0.29, 0.717) is 17.4 Å². The summed E-state index contributed by atoms with van der Waals surface area (Å²) in [6.45, 7) is 3.07. The maximum absolute atomic E-state index is 12.2. The molecule has 1 aromatic carbocycles. The molecule has 0 aromatic heterocycles. The summed E-state index contributed by atoms with van der Waals surface area (Å²) in [6.07, 6.45) is 5.14. The average molecular weight is 342 g/mol. The van der Waals surface area contributed by atoms with E-state index in [2.05, 4.69) is 40.8 Å². The van der Waals surface area contributed by atoms with Gasteiger partial charge in [0.25, 0.3) is 5.91 Å². The molecule has 19 heavy (non-hydrogen) atoms. The van der Waals surface area contributed by atoms with E-state index in [1.807, 2.05) is 12.1 Å². The van der Waals surface area contributed by atoms with Crippen LogP contribution in [0.4, 0.5) is 0 Å². The van der Waals surface area contributed by atoms with Crippen LogP contribution < -0.4 is 5.32 Å². The third kappa shape index (κ3) is 3.99. The van der Waals surface area contributed by atoms with E-state index in [-0.39, 0.29) is 5.91 Å². The smallest absolute Gasteiger partial charge is 0.252 e. The first-order valence-corrected chi connectivity index (χ1v) is 8.08. The van der Waals surface area contributed by atoms with Crippen molar-refractivity contribution in [1.82, 2.24) is 5.32 Å². The van der Waals surface area contributed by atoms with Gasteiger partial charge in [-0.25, -0.2) is 0 Å². The molecule has 4 heteroatoms. The van der Waals surface area contributed by atoms with Gasteiger partial charge in [-0.15, -0.1) is 12.6 Å². The number of hydrogen-bond donors (Lipinski definition) is 2. The molecule has 2 atom stereocenters. The standard InChI is InChI=1S/C15H20BrNOS/c1-10-4-2-3-5-11(10)9-17-15(18)13-8-12(19)6-7-14(13)16/h6-8,10-11,19H,2-5,9H2,1H3,(H,17,18). The average Bonchev–Trinajstić information content (AvgIpc) is 2.40. The predicted molar refractivity (Wildman–Crippen MR) is 84.8 cm³/mol. The van der Waals surface area contributed by atoms with Gasteiger partial charge in [-0.2, -0.15) is 0 Å². The minimum atomic E-state index is -0.0134. The van der Waals surface area contributed by atoms with Gasteiger partial charge in [0.2, 0.25) is 0 Å². The molecule has 1 aromatic rings. The van der Waals surface area contributed by atoms with Gasteiger partial charge in [-0.05, 0) is 52.4 Å². The van der Waals surface area contributed by atoms with Crippen molar-refractivity contribution in [2.45, 2.75) is 37.5 Å². The molecule has 1 amide bonds. The van der Waals surface area contributed by atoms with E-state index in [1.54, 1.807) is 6.07 Å². The van der Waals surface area contributed by atoms with Crippen molar-refractivity contribution in [3.8, 4) is 0 Å². The first-order valence-electron chi connectivity index (χ1n) is 6.84. The monoisotopic (exact) mass is 341 g/mol. The second-order valence-corrected chi connectivity index (χ2v) is 6.77. The SMILES string of the molecule is CC1CCCCC1CNC(=O)c1cc(S)ccc1Br. The summed E-state index contributed by atoms with van der Waals surface area (Å²) in [4.78, 5) is 13.0. The largest absolute Gasteiger partial charge is 0.352 e. The van der Waals surface area contributed by atoms with Crippen LogP contribution in [0.5, 0.6) is 0 Å². The number of carbonyl (C=O) groups excluding carboxylic acids is 1. The van der Waals surface area contributed by atoms with E-state index >= 15 is 0 Å². The fourth-order valence-electron chi connectivity index (χ4n) is 2.70. The van der Waals surface area contributed by atoms with Gasteiger partial charge in [0, 0.05) is 15.9 Å². The van der Waals surface area contributed by atoms with E-state index in [0.717, 1.165) is 15.9 Å². The Balaban J connectivity index is 1.95. The maximum atomic E-state index is 12.2. The van der Waals surface area contributed by atoms with Crippen LogP contribution in [0.15, 0.2) is 27.6 Å². The highest BCUT2D eigenvalue weighted by atomic mass is 79.9. The van der Waals surface area contributed by atoms with E-state index < -0.39 is 0 Å². The van der Waals surface area contributed by atoms with Crippen LogP contribution in [-0.4, -0.2) is 12.5 Å². The van der Waals surface area contributed by atoms with Crippen LogP contribution in [0.25, 0.3) is 0 Å². The second kappa shape index (κ2) is 6.80. The molecule has 0 saturated heterocycles. The molecule has 0 aliphatic heterocycles. The van der Waals surface area contributed by atoms with Gasteiger partial charge in [0.1, 0.15) is 0 Å². The lowest BCUT2D eigenvalue weighted by Crippen LogP contribution is -2.33. The number of benzene rings is 1. The predicted octanol–water partition coefficient (Wildman–Crippen LogP) is 4.29. The Bertz CT molecular complexity index is 463. The van der Waals surface area contributed by atoms with Crippen LogP contribution >= 0.6 is 28.6 Å². The van der Waals surface area contributed by atoms with Crippen molar-refractivity contribution in [2.75, 3.05) is 6.54 Å². The van der Waals surface area contributed by atoms with Crippen LogP contribution in [0.1, 0.15) is 43.0 Å². The Morgan fingerprint density at radius 3 is 2.89 bits per heavy atom. The van der Waals surface area contributed by atoms with Crippen LogP contribution in [0.2, 0.25) is 0 Å². The molecule has 1 saturated carbocycles. The number of thiol groups is 1. The number of hydrogen-bond acceptors (Lipinski definition) is 2. The topological polar surface area (TPSA) is 29.1 Å². The fraction of sp³-hybridized carbons (Fsp3) is 0.533. The third-order valence-electron chi connectivity index (χ3n) is 4.01. The van der Waals surface area contributed by atoms with Crippen molar-refractivity contribution in [1.29, 1.82) is 0 Å². The molecule has 0 spiro atoms. The highest BCUT2D eigenvalue weighted by Crippen LogP contribution is 2.29. The summed E-state index contributed by atoms with van der Waals surface area (Å²) in [5.74, 6) is 1.32. The Labute approximate surface area is 128 Å². The lowest BCUT2D eigenvalue weighted by atomic mass is 9.80. The van der Waals surface area contributed by atoms with Crippen molar-refractivity contribution in [3.63, 3.8) is 0 Å². The first kappa shape index (κ1) is 14.9. The van der Waals surface area contributed by atoms with Crippen molar-refractivity contribution in [3.05, 3.63) is 28.2 Å². The van der Waals surface area contributed by atoms with Crippen LogP contribution in [-0.2, 0) is 0 Å². The molecule has 2 unspecified atom stereocenters. The summed E-state index contributed by atoms with van der Waals surface area (Å²) in [6, 6.07) is 5.53. The summed E-state index contributed by atoms with van der Waals surface area (Å²) in [5, 5.41) is 3.06. The Morgan fingerprint density at radius 1 is 1.42 bits per heavy atom. The molecule has 104 valence electrons. The zero-order chi connectivity index (χ0) is 13.8. The van der Waals surface area contributed by atoms with E-state index in [9.17, 15) is 4.79 Å². The van der Waals surface area contributed by atoms with Gasteiger partial charge in [0.15, 0.2) is 0 Å². The quantitative estimate of drug-likeness (QED) is 0.788. The number of carbonyl (C=O) groups is 1. The number of amides is 1. The third-order valence-corrected chi connectivity index (χ3v) is 4.98. The molecule has 1 aliphatic rings. The molecule has 2 rings (SSSR count). The molecule has 1 aliphatic carbocycles. The Morgan fingerprint density at radius 2 is 2.16 bits per heavy atom. The lowest BCUT2D eigenvalue weighted by molar-refractivity contribution is 0.0935. The molecule has 1 fully saturated rings. The van der Waals surface area contributed by atoms with Crippen molar-refractivity contribution < 1.29 is 4.79 Å². The molecule has 1 N–H and O–H groups in total. The summed E-state index contributed by atoms with van der Waals surface area (Å²) < 4.78 is 0.819. The molecular weight excluding hydrogens is 322 g/mol. The number of nitrogens with one attached hydrogen (secondary N) is 1. The minimum Gasteiger partial charge on any atom is -0.352 e. The van der Waals surface area contributed by atoms with Gasteiger partial charge < -0.3 is 5.32 Å². The number of halogens is 1. The molecule has 0 bridgehead atoms. The van der Waals surface area contributed by atoms with Crippen molar-refractivity contribution >= 4 is 34.5 Å². The van der Waals surface area contributed by atoms with Gasteiger partial charge in [-0.1, -0.05) is 26.2 Å². The van der Waals surface area contributed by atoms with Gasteiger partial charge in [-0.3, -0.25) is 4.79 Å². The summed E-state index contributed by atoms with van der Waals surface area (Å²) >= 11 is 7.69. The second-order valence-electron chi connectivity index (χ2n) is 5.40. The molecule has 2 nitrogen and oxygen atoms in total. The number of rotatable bonds is 3. The van der Waals surface area contributed by atoms with Gasteiger partial charge >= 0.3 is 0 Å². The highest BCUT2D eigenvalue weighted by Gasteiger charge is 2.22.